The molecule has 3 nitrogen and oxygen atoms in total. The fourth-order valence-electron chi connectivity index (χ4n) is 1.47. The average molecular weight is 205 g/mol. The first-order chi connectivity index (χ1) is 7.06. The number of aryl methyl sites for hydroxylation is 2. The van der Waals surface area contributed by atoms with Gasteiger partial charge in [-0.25, -0.2) is 4.79 Å². The molecular formula is C12H15NO2. The van der Waals surface area contributed by atoms with Gasteiger partial charge in [-0.3, -0.25) is 0 Å². The second-order valence-electron chi connectivity index (χ2n) is 3.47. The molecule has 0 unspecified atom stereocenters. The zero-order chi connectivity index (χ0) is 11.4. The maximum atomic E-state index is 10.9. The number of nitrogens with two attached hydrogens (primary N) is 1. The Hall–Kier alpha value is -1.61. The van der Waals surface area contributed by atoms with Crippen molar-refractivity contribution in [3.05, 3.63) is 40.5 Å². The zero-order valence-electron chi connectivity index (χ0n) is 8.95. The van der Waals surface area contributed by atoms with Crippen molar-refractivity contribution in [3.8, 4) is 0 Å². The SMILES string of the molecule is Cc1cc(C)c(C(=O)O)cc1/C=C/CN. The lowest BCUT2D eigenvalue weighted by Gasteiger charge is -2.06. The molecule has 0 aliphatic rings. The van der Waals surface area contributed by atoms with Crippen molar-refractivity contribution < 1.29 is 9.90 Å². The summed E-state index contributed by atoms with van der Waals surface area (Å²) in [6.45, 7) is 4.21. The maximum absolute atomic E-state index is 10.9. The Morgan fingerprint density at radius 1 is 1.40 bits per heavy atom. The highest BCUT2D eigenvalue weighted by molar-refractivity contribution is 5.90. The van der Waals surface area contributed by atoms with Crippen LogP contribution in [0.15, 0.2) is 18.2 Å². The Morgan fingerprint density at radius 3 is 2.60 bits per heavy atom. The first kappa shape index (κ1) is 11.5. The second-order valence-corrected chi connectivity index (χ2v) is 3.47. The molecule has 0 amide bonds. The van der Waals surface area contributed by atoms with Gasteiger partial charge in [0.25, 0.3) is 0 Å². The minimum atomic E-state index is -0.894. The molecule has 1 aromatic carbocycles. The van der Waals surface area contributed by atoms with E-state index in [1.807, 2.05) is 25.1 Å². The molecule has 0 aliphatic heterocycles. The van der Waals surface area contributed by atoms with E-state index in [2.05, 4.69) is 0 Å². The third-order valence-electron chi connectivity index (χ3n) is 2.28. The van der Waals surface area contributed by atoms with E-state index in [0.717, 1.165) is 16.7 Å². The van der Waals surface area contributed by atoms with Gasteiger partial charge in [-0.05, 0) is 36.6 Å². The Morgan fingerprint density at radius 2 is 2.07 bits per heavy atom. The van der Waals surface area contributed by atoms with Crippen molar-refractivity contribution in [1.29, 1.82) is 0 Å². The molecule has 0 atom stereocenters. The van der Waals surface area contributed by atoms with Gasteiger partial charge in [-0.15, -0.1) is 0 Å². The van der Waals surface area contributed by atoms with Crippen molar-refractivity contribution in [1.82, 2.24) is 0 Å². The van der Waals surface area contributed by atoms with E-state index in [1.54, 1.807) is 13.0 Å². The average Bonchev–Trinajstić information content (AvgIpc) is 2.16. The van der Waals surface area contributed by atoms with Crippen LogP contribution in [0.2, 0.25) is 0 Å². The number of aromatic carboxylic acids is 1. The molecule has 0 saturated heterocycles. The molecule has 1 rings (SSSR count). The fraction of sp³-hybridized carbons (Fsp3) is 0.250. The number of hydrogen-bond acceptors (Lipinski definition) is 2. The van der Waals surface area contributed by atoms with Gasteiger partial charge in [0.1, 0.15) is 0 Å². The van der Waals surface area contributed by atoms with E-state index in [-0.39, 0.29) is 0 Å². The highest BCUT2D eigenvalue weighted by Crippen LogP contribution is 2.17. The van der Waals surface area contributed by atoms with Gasteiger partial charge in [0.2, 0.25) is 0 Å². The molecule has 15 heavy (non-hydrogen) atoms. The topological polar surface area (TPSA) is 63.3 Å². The summed E-state index contributed by atoms with van der Waals surface area (Å²) in [5, 5.41) is 8.96. The van der Waals surface area contributed by atoms with E-state index >= 15 is 0 Å². The lowest BCUT2D eigenvalue weighted by atomic mass is 9.99. The molecule has 1 aromatic rings. The first-order valence-electron chi connectivity index (χ1n) is 4.77. The molecule has 3 N–H and O–H groups in total. The van der Waals surface area contributed by atoms with E-state index in [1.165, 1.54) is 0 Å². The molecule has 0 fully saturated rings. The third-order valence-corrected chi connectivity index (χ3v) is 2.28. The number of hydrogen-bond donors (Lipinski definition) is 2. The van der Waals surface area contributed by atoms with Crippen LogP contribution in [-0.4, -0.2) is 17.6 Å². The predicted molar refractivity (Wildman–Crippen MR) is 61.0 cm³/mol. The van der Waals surface area contributed by atoms with Crippen LogP contribution in [0.1, 0.15) is 27.0 Å². The van der Waals surface area contributed by atoms with Crippen molar-refractivity contribution in [2.75, 3.05) is 6.54 Å². The Kier molecular flexibility index (Phi) is 3.63. The van der Waals surface area contributed by atoms with Crippen LogP contribution in [0.3, 0.4) is 0 Å². The van der Waals surface area contributed by atoms with Crippen LogP contribution >= 0.6 is 0 Å². The number of rotatable bonds is 3. The van der Waals surface area contributed by atoms with Crippen molar-refractivity contribution in [2.24, 2.45) is 5.73 Å². The van der Waals surface area contributed by atoms with Crippen LogP contribution in [0.25, 0.3) is 6.08 Å². The molecule has 0 aliphatic carbocycles. The highest BCUT2D eigenvalue weighted by Gasteiger charge is 2.08. The number of carboxylic acids is 1. The van der Waals surface area contributed by atoms with Crippen molar-refractivity contribution in [3.63, 3.8) is 0 Å². The second kappa shape index (κ2) is 4.75. The summed E-state index contributed by atoms with van der Waals surface area (Å²) >= 11 is 0. The van der Waals surface area contributed by atoms with E-state index < -0.39 is 5.97 Å². The summed E-state index contributed by atoms with van der Waals surface area (Å²) in [6.07, 6.45) is 3.66. The van der Waals surface area contributed by atoms with Gasteiger partial charge in [-0.1, -0.05) is 18.2 Å². The summed E-state index contributed by atoms with van der Waals surface area (Å²) < 4.78 is 0. The summed E-state index contributed by atoms with van der Waals surface area (Å²) in [4.78, 5) is 10.9. The standard InChI is InChI=1S/C12H15NO2/c1-8-6-9(2)11(12(14)15)7-10(8)4-3-5-13/h3-4,6-7H,5,13H2,1-2H3,(H,14,15)/b4-3+. The lowest BCUT2D eigenvalue weighted by Crippen LogP contribution is -2.01. The smallest absolute Gasteiger partial charge is 0.335 e. The molecule has 0 spiro atoms. The summed E-state index contributed by atoms with van der Waals surface area (Å²) in [5.41, 5.74) is 8.44. The zero-order valence-corrected chi connectivity index (χ0v) is 8.95. The van der Waals surface area contributed by atoms with Gasteiger partial charge < -0.3 is 10.8 Å². The predicted octanol–water partition coefficient (Wildman–Crippen LogP) is 1.97. The molecular weight excluding hydrogens is 190 g/mol. The molecule has 0 heterocycles. The minimum Gasteiger partial charge on any atom is -0.478 e. The number of benzene rings is 1. The number of carboxylic acid groups (broad SMARTS) is 1. The van der Waals surface area contributed by atoms with Gasteiger partial charge in [-0.2, -0.15) is 0 Å². The quantitative estimate of drug-likeness (QED) is 0.793. The molecule has 0 radical (unpaired) electrons. The van der Waals surface area contributed by atoms with Crippen LogP contribution in [0, 0.1) is 13.8 Å². The number of carbonyl (C=O) groups is 1. The Labute approximate surface area is 89.2 Å². The minimum absolute atomic E-state index is 0.345. The molecule has 0 aromatic heterocycles. The fourth-order valence-corrected chi connectivity index (χ4v) is 1.47. The van der Waals surface area contributed by atoms with Gasteiger partial charge in [0, 0.05) is 6.54 Å². The van der Waals surface area contributed by atoms with E-state index in [9.17, 15) is 4.79 Å². The van der Waals surface area contributed by atoms with Gasteiger partial charge >= 0.3 is 5.97 Å². The molecule has 0 saturated carbocycles. The first-order valence-corrected chi connectivity index (χ1v) is 4.77. The summed E-state index contributed by atoms with van der Waals surface area (Å²) in [6, 6.07) is 3.55. The van der Waals surface area contributed by atoms with Gasteiger partial charge in [0.15, 0.2) is 0 Å². The molecule has 0 bridgehead atoms. The summed E-state index contributed by atoms with van der Waals surface area (Å²) in [5.74, 6) is -0.894. The highest BCUT2D eigenvalue weighted by atomic mass is 16.4. The molecule has 80 valence electrons. The van der Waals surface area contributed by atoms with Gasteiger partial charge in [0.05, 0.1) is 5.56 Å². The van der Waals surface area contributed by atoms with Crippen LogP contribution in [0.4, 0.5) is 0 Å². The van der Waals surface area contributed by atoms with Crippen LogP contribution < -0.4 is 5.73 Å². The summed E-state index contributed by atoms with van der Waals surface area (Å²) in [7, 11) is 0. The monoisotopic (exact) mass is 205 g/mol. The normalized spacial score (nSPS) is 10.9. The maximum Gasteiger partial charge on any atom is 0.335 e. The van der Waals surface area contributed by atoms with Crippen molar-refractivity contribution >= 4 is 12.0 Å². The largest absolute Gasteiger partial charge is 0.478 e. The Balaban J connectivity index is 3.23. The van der Waals surface area contributed by atoms with Crippen LogP contribution in [-0.2, 0) is 0 Å². The lowest BCUT2D eigenvalue weighted by molar-refractivity contribution is 0.0696. The Bertz CT molecular complexity index is 408. The van der Waals surface area contributed by atoms with E-state index in [4.69, 9.17) is 10.8 Å². The van der Waals surface area contributed by atoms with Crippen molar-refractivity contribution in [2.45, 2.75) is 13.8 Å². The third kappa shape index (κ3) is 2.67. The van der Waals surface area contributed by atoms with Crippen LogP contribution in [0.5, 0.6) is 0 Å². The van der Waals surface area contributed by atoms with E-state index in [0.29, 0.717) is 12.1 Å². The molecule has 3 heteroatoms.